The monoisotopic (exact) mass is 416 g/mol. The molecule has 0 radical (unpaired) electrons. The molecule has 0 bridgehead atoms. The molecule has 1 amide bonds. The molecule has 0 unspecified atom stereocenters. The van der Waals surface area contributed by atoms with Gasteiger partial charge in [0.25, 0.3) is 5.91 Å². The largest absolute Gasteiger partial charge is 0.390 e. The number of carbonyl (C=O) groups excluding carboxylic acids is 1. The second-order valence-electron chi connectivity index (χ2n) is 6.72. The van der Waals surface area contributed by atoms with E-state index in [-0.39, 0.29) is 11.7 Å². The van der Waals surface area contributed by atoms with E-state index in [1.807, 2.05) is 30.7 Å². The molecule has 3 rings (SSSR count). The number of carbonyl (C=O) groups is 1. The Morgan fingerprint density at radius 3 is 2.41 bits per heavy atom. The Hall–Kier alpha value is -3.20. The number of halogens is 1. The Labute approximate surface area is 172 Å². The summed E-state index contributed by atoms with van der Waals surface area (Å²) in [5.41, 5.74) is 3.89. The number of aromatic nitrogens is 4. The number of nitro groups is 1. The highest BCUT2D eigenvalue weighted by Gasteiger charge is 2.15. The Kier molecular flexibility index (Phi) is 5.97. The summed E-state index contributed by atoms with van der Waals surface area (Å²) in [6.07, 6.45) is 0. The fourth-order valence-electron chi connectivity index (χ4n) is 2.95. The first-order valence-electron chi connectivity index (χ1n) is 9.01. The van der Waals surface area contributed by atoms with Gasteiger partial charge in [-0.15, -0.1) is 0 Å². The normalized spacial score (nSPS) is 10.9. The lowest BCUT2D eigenvalue weighted by molar-refractivity contribution is -0.389. The first kappa shape index (κ1) is 20.5. The first-order valence-corrected chi connectivity index (χ1v) is 9.39. The molecule has 2 aromatic heterocycles. The zero-order valence-electron chi connectivity index (χ0n) is 16.3. The minimum absolute atomic E-state index is 0.201. The summed E-state index contributed by atoms with van der Waals surface area (Å²) in [4.78, 5) is 22.5. The summed E-state index contributed by atoms with van der Waals surface area (Å²) in [6.45, 7) is 6.74. The van der Waals surface area contributed by atoms with Gasteiger partial charge in [-0.05, 0) is 43.4 Å². The van der Waals surface area contributed by atoms with Crippen molar-refractivity contribution in [3.05, 3.63) is 73.7 Å². The molecule has 3 aromatic rings. The molecule has 10 heteroatoms. The average Bonchev–Trinajstić information content (AvgIpc) is 3.17. The van der Waals surface area contributed by atoms with Crippen LogP contribution in [0.3, 0.4) is 0 Å². The number of amides is 1. The SMILES string of the molecule is Cc1nn(Cc2ccc(C(=O)NCCn3nc([N+](=O)[O-])cc3C)cc2)c(C)c1Cl. The van der Waals surface area contributed by atoms with E-state index in [4.69, 9.17) is 11.6 Å². The maximum absolute atomic E-state index is 12.3. The van der Waals surface area contributed by atoms with Crippen LogP contribution in [-0.2, 0) is 13.1 Å². The van der Waals surface area contributed by atoms with Gasteiger partial charge in [-0.1, -0.05) is 23.7 Å². The van der Waals surface area contributed by atoms with Crippen molar-refractivity contribution in [1.29, 1.82) is 0 Å². The van der Waals surface area contributed by atoms with Crippen molar-refractivity contribution in [2.45, 2.75) is 33.9 Å². The number of rotatable bonds is 7. The van der Waals surface area contributed by atoms with E-state index in [9.17, 15) is 14.9 Å². The van der Waals surface area contributed by atoms with Crippen molar-refractivity contribution in [3.8, 4) is 0 Å². The number of benzene rings is 1. The fraction of sp³-hybridized carbons (Fsp3) is 0.316. The summed E-state index contributed by atoms with van der Waals surface area (Å²) < 4.78 is 3.33. The summed E-state index contributed by atoms with van der Waals surface area (Å²) in [6, 6.07) is 8.65. The Morgan fingerprint density at radius 2 is 1.86 bits per heavy atom. The molecular weight excluding hydrogens is 396 g/mol. The summed E-state index contributed by atoms with van der Waals surface area (Å²) in [5, 5.41) is 22.5. The standard InChI is InChI=1S/C19H21ClN6O3/c1-12-10-17(26(28)29)23-24(12)9-8-21-19(27)16-6-4-15(5-7-16)11-25-14(3)18(20)13(2)22-25/h4-7,10H,8-9,11H2,1-3H3,(H,21,27). The smallest absolute Gasteiger partial charge is 0.358 e. The maximum Gasteiger partial charge on any atom is 0.390 e. The highest BCUT2D eigenvalue weighted by molar-refractivity contribution is 6.31. The van der Waals surface area contributed by atoms with Crippen LogP contribution in [0.15, 0.2) is 30.3 Å². The number of nitrogens with zero attached hydrogens (tertiary/aromatic N) is 5. The number of hydrogen-bond donors (Lipinski definition) is 1. The van der Waals surface area contributed by atoms with E-state index in [0.29, 0.717) is 35.9 Å². The third kappa shape index (κ3) is 4.62. The van der Waals surface area contributed by atoms with Gasteiger partial charge < -0.3 is 15.4 Å². The van der Waals surface area contributed by atoms with Crippen LogP contribution >= 0.6 is 11.6 Å². The van der Waals surface area contributed by atoms with Gasteiger partial charge in [0.05, 0.1) is 46.4 Å². The number of nitrogens with one attached hydrogen (secondary N) is 1. The van der Waals surface area contributed by atoms with Gasteiger partial charge in [0.2, 0.25) is 0 Å². The van der Waals surface area contributed by atoms with Crippen LogP contribution in [0, 0.1) is 30.9 Å². The lowest BCUT2D eigenvalue weighted by atomic mass is 10.1. The molecule has 152 valence electrons. The molecular formula is C19H21ClN6O3. The predicted octanol–water partition coefficient (Wildman–Crippen LogP) is 3.04. The highest BCUT2D eigenvalue weighted by atomic mass is 35.5. The second-order valence-corrected chi connectivity index (χ2v) is 7.10. The van der Waals surface area contributed by atoms with Crippen LogP contribution in [0.5, 0.6) is 0 Å². The molecule has 29 heavy (non-hydrogen) atoms. The van der Waals surface area contributed by atoms with Crippen LogP contribution in [0.25, 0.3) is 0 Å². The van der Waals surface area contributed by atoms with Gasteiger partial charge in [0, 0.05) is 12.1 Å². The van der Waals surface area contributed by atoms with E-state index in [1.54, 1.807) is 19.1 Å². The lowest BCUT2D eigenvalue weighted by Gasteiger charge is -2.07. The molecule has 0 fully saturated rings. The van der Waals surface area contributed by atoms with E-state index in [2.05, 4.69) is 15.5 Å². The predicted molar refractivity (Wildman–Crippen MR) is 108 cm³/mol. The molecule has 9 nitrogen and oxygen atoms in total. The van der Waals surface area contributed by atoms with Crippen molar-refractivity contribution in [2.24, 2.45) is 0 Å². The fourth-order valence-corrected chi connectivity index (χ4v) is 3.08. The van der Waals surface area contributed by atoms with Crippen molar-refractivity contribution in [3.63, 3.8) is 0 Å². The van der Waals surface area contributed by atoms with Crippen LogP contribution in [0.1, 0.15) is 33.0 Å². The first-order chi connectivity index (χ1) is 13.8. The van der Waals surface area contributed by atoms with E-state index >= 15 is 0 Å². The zero-order chi connectivity index (χ0) is 21.1. The minimum Gasteiger partial charge on any atom is -0.358 e. The topological polar surface area (TPSA) is 108 Å². The summed E-state index contributed by atoms with van der Waals surface area (Å²) in [5.74, 6) is -0.418. The lowest BCUT2D eigenvalue weighted by Crippen LogP contribution is -2.27. The molecule has 0 aliphatic rings. The molecule has 0 saturated heterocycles. The van der Waals surface area contributed by atoms with Gasteiger partial charge in [0.1, 0.15) is 0 Å². The summed E-state index contributed by atoms with van der Waals surface area (Å²) >= 11 is 6.17. The number of hydrogen-bond acceptors (Lipinski definition) is 5. The molecule has 1 aromatic carbocycles. The van der Waals surface area contributed by atoms with Crippen LogP contribution in [-0.4, -0.2) is 36.9 Å². The van der Waals surface area contributed by atoms with Crippen molar-refractivity contribution in [2.75, 3.05) is 6.54 Å². The van der Waals surface area contributed by atoms with E-state index < -0.39 is 4.92 Å². The van der Waals surface area contributed by atoms with Crippen LogP contribution in [0.2, 0.25) is 5.02 Å². The molecule has 1 N–H and O–H groups in total. The average molecular weight is 417 g/mol. The van der Waals surface area contributed by atoms with Gasteiger partial charge in [-0.25, -0.2) is 0 Å². The maximum atomic E-state index is 12.3. The Balaban J connectivity index is 1.56. The Bertz CT molecular complexity index is 1050. The molecule has 0 atom stereocenters. The van der Waals surface area contributed by atoms with Crippen molar-refractivity contribution in [1.82, 2.24) is 24.9 Å². The quantitative estimate of drug-likeness (QED) is 0.470. The molecule has 0 aliphatic heterocycles. The van der Waals surface area contributed by atoms with Crippen molar-refractivity contribution < 1.29 is 9.72 Å². The molecule has 0 aliphatic carbocycles. The zero-order valence-corrected chi connectivity index (χ0v) is 17.1. The van der Waals surface area contributed by atoms with Gasteiger partial charge in [-0.3, -0.25) is 9.48 Å². The number of aryl methyl sites for hydroxylation is 2. The van der Waals surface area contributed by atoms with E-state index in [1.165, 1.54) is 10.7 Å². The Morgan fingerprint density at radius 1 is 1.17 bits per heavy atom. The summed E-state index contributed by atoms with van der Waals surface area (Å²) in [7, 11) is 0. The minimum atomic E-state index is -0.538. The van der Waals surface area contributed by atoms with Gasteiger partial charge >= 0.3 is 5.82 Å². The van der Waals surface area contributed by atoms with Crippen molar-refractivity contribution >= 4 is 23.3 Å². The van der Waals surface area contributed by atoms with E-state index in [0.717, 1.165) is 17.0 Å². The van der Waals surface area contributed by atoms with Gasteiger partial charge in [-0.2, -0.15) is 9.78 Å². The second kappa shape index (κ2) is 8.44. The van der Waals surface area contributed by atoms with Crippen LogP contribution < -0.4 is 5.32 Å². The molecule has 2 heterocycles. The third-order valence-electron chi connectivity index (χ3n) is 4.61. The third-order valence-corrected chi connectivity index (χ3v) is 5.15. The molecule has 0 spiro atoms. The van der Waals surface area contributed by atoms with Crippen LogP contribution in [0.4, 0.5) is 5.82 Å². The molecule has 0 saturated carbocycles. The van der Waals surface area contributed by atoms with Gasteiger partial charge in [0.15, 0.2) is 0 Å². The highest BCUT2D eigenvalue weighted by Crippen LogP contribution is 2.20.